The summed E-state index contributed by atoms with van der Waals surface area (Å²) < 4.78 is 1.20. The second-order valence-corrected chi connectivity index (χ2v) is 17.5. The minimum Gasteiger partial charge on any atom is -0.512 e. The Hall–Kier alpha value is -4.09. The Labute approximate surface area is 359 Å². The third kappa shape index (κ3) is 10.5. The van der Waals surface area contributed by atoms with E-state index in [-0.39, 0.29) is 48.9 Å². The predicted octanol–water partition coefficient (Wildman–Crippen LogP) is 15.1. The molecule has 303 valence electrons. The fourth-order valence-electron chi connectivity index (χ4n) is 7.84. The van der Waals surface area contributed by atoms with Gasteiger partial charge in [-0.15, -0.1) is 40.5 Å². The second-order valence-electron chi connectivity index (χ2n) is 16.5. The molecule has 0 fully saturated rings. The number of rotatable bonds is 11. The van der Waals surface area contributed by atoms with Crippen LogP contribution in [-0.4, -0.2) is 15.9 Å². The maximum absolute atomic E-state index is 11.7. The van der Waals surface area contributed by atoms with E-state index in [0.29, 0.717) is 0 Å². The molecule has 0 amide bonds. The van der Waals surface area contributed by atoms with Crippen molar-refractivity contribution in [2.24, 2.45) is 11.8 Å². The van der Waals surface area contributed by atoms with Crippen molar-refractivity contribution in [1.29, 1.82) is 0 Å². The summed E-state index contributed by atoms with van der Waals surface area (Å²) in [6.07, 6.45) is 6.86. The number of hydrogen-bond donors (Lipinski definition) is 1. The fraction of sp³-hybridized carbons (Fsp3) is 0.373. The first kappa shape index (κ1) is 45.6. The number of carbonyl (C=O) groups excluding carboxylic acids is 1. The van der Waals surface area contributed by atoms with Gasteiger partial charge in [0.25, 0.3) is 0 Å². The van der Waals surface area contributed by atoms with Crippen LogP contribution in [0, 0.1) is 52.5 Å². The number of nitrogens with zero attached hydrogens (tertiary/aromatic N) is 2. The maximum Gasteiger partial charge on any atom is 0.162 e. The number of thiophene rings is 1. The topological polar surface area (TPSA) is 53.4 Å². The van der Waals surface area contributed by atoms with Crippen LogP contribution in [0.25, 0.3) is 32.1 Å². The Morgan fingerprint density at radius 2 is 1.30 bits per heavy atom. The Morgan fingerprint density at radius 3 is 1.81 bits per heavy atom. The molecule has 1 N–H and O–H groups in total. The number of hydrogen-bond acceptors (Lipinski definition) is 5. The molecular formula is C51H61IrN2O2S-. The molecule has 0 aliphatic carbocycles. The smallest absolute Gasteiger partial charge is 0.162 e. The first-order valence-corrected chi connectivity index (χ1v) is 21.2. The third-order valence-electron chi connectivity index (χ3n) is 10.9. The third-order valence-corrected chi connectivity index (χ3v) is 12.2. The number of ketones is 1. The Kier molecular flexibility index (Phi) is 15.7. The number of allylic oxidation sites excluding steroid dienone is 2. The number of aliphatic hydroxyl groups is 1. The Balaban J connectivity index is 0.000000385. The van der Waals surface area contributed by atoms with Gasteiger partial charge in [-0.3, -0.25) is 9.78 Å². The van der Waals surface area contributed by atoms with Crippen molar-refractivity contribution < 1.29 is 30.0 Å². The molecule has 57 heavy (non-hydrogen) atoms. The summed E-state index contributed by atoms with van der Waals surface area (Å²) in [4.78, 5) is 19.1. The van der Waals surface area contributed by atoms with Gasteiger partial charge in [-0.25, -0.2) is 0 Å². The Morgan fingerprint density at radius 1 is 0.772 bits per heavy atom. The van der Waals surface area contributed by atoms with E-state index in [1.165, 1.54) is 71.3 Å². The number of fused-ring (bicyclic) bond motifs is 2. The number of aryl methyl sites for hydroxylation is 5. The molecule has 0 aliphatic rings. The molecule has 0 saturated carbocycles. The van der Waals surface area contributed by atoms with Crippen LogP contribution in [0.1, 0.15) is 108 Å². The van der Waals surface area contributed by atoms with Gasteiger partial charge in [0.2, 0.25) is 0 Å². The van der Waals surface area contributed by atoms with Crippen LogP contribution in [0.15, 0.2) is 90.8 Å². The van der Waals surface area contributed by atoms with Gasteiger partial charge < -0.3 is 10.0 Å². The normalized spacial score (nSPS) is 11.9. The van der Waals surface area contributed by atoms with Crippen LogP contribution in [0.2, 0.25) is 0 Å². The van der Waals surface area contributed by atoms with E-state index in [1.54, 1.807) is 0 Å². The van der Waals surface area contributed by atoms with E-state index in [0.717, 1.165) is 42.3 Å². The van der Waals surface area contributed by atoms with E-state index < -0.39 is 0 Å². The van der Waals surface area contributed by atoms with Crippen molar-refractivity contribution in [3.05, 3.63) is 130 Å². The van der Waals surface area contributed by atoms with Crippen LogP contribution in [0.5, 0.6) is 0 Å². The van der Waals surface area contributed by atoms with Gasteiger partial charge in [0.15, 0.2) is 5.78 Å². The average Bonchev–Trinajstić information content (AvgIpc) is 3.46. The van der Waals surface area contributed by atoms with Gasteiger partial charge in [-0.2, -0.15) is 0 Å². The van der Waals surface area contributed by atoms with Crippen molar-refractivity contribution in [1.82, 2.24) is 4.98 Å². The summed E-state index contributed by atoms with van der Waals surface area (Å²) in [5, 5.41) is 14.6. The molecule has 6 heteroatoms. The summed E-state index contributed by atoms with van der Waals surface area (Å²) in [6, 6.07) is 30.5. The van der Waals surface area contributed by atoms with Gasteiger partial charge in [0.1, 0.15) is 5.00 Å². The number of benzene rings is 4. The van der Waals surface area contributed by atoms with Crippen LogP contribution < -0.4 is 4.90 Å². The standard InChI is InChI=1S/C38H37N2S.C13H24O2.Ir/c1-23-15-24(2)18-30(17-23)40(31-19-25(3)16-26(4)20-31)37-27(5)32-13-14-39-35(36(32)41-37)29-21-28-11-9-10-12-33(28)34(22-29)38(6,7)8;1-5-10(6-2)12(14)9-13(15)11(7-3)8-4;/h9-20,22H,1-8H3;9-11,14H,5-8H2,1-4H3;/q-1;;/b;12-9-;. The van der Waals surface area contributed by atoms with Crippen LogP contribution in [0.3, 0.4) is 0 Å². The molecule has 0 spiro atoms. The molecule has 0 bridgehead atoms. The number of anilines is 3. The first-order chi connectivity index (χ1) is 26.6. The van der Waals surface area contributed by atoms with E-state index in [9.17, 15) is 9.90 Å². The predicted molar refractivity (Wildman–Crippen MR) is 242 cm³/mol. The van der Waals surface area contributed by atoms with Gasteiger partial charge in [-0.1, -0.05) is 89.7 Å². The molecule has 2 aromatic heterocycles. The van der Waals surface area contributed by atoms with Gasteiger partial charge in [-0.05, 0) is 129 Å². The SMILES string of the molecule is CCC(CC)C(=O)/C=C(\O)C(CC)CC.Cc1cc(C)cc(N(c2cc(C)cc(C)c2)c2sc3c(-c4[c-]c5ccccc5c(C(C)(C)C)c4)nccc3c2C)c1.[Ir]. The molecular weight excluding hydrogens is 897 g/mol. The molecule has 6 rings (SSSR count). The second kappa shape index (κ2) is 19.6. The average molecular weight is 958 g/mol. The number of carbonyl (C=O) groups is 1. The quantitative estimate of drug-likeness (QED) is 0.0799. The van der Waals surface area contributed by atoms with E-state index in [4.69, 9.17) is 4.98 Å². The van der Waals surface area contributed by atoms with Crippen molar-refractivity contribution >= 4 is 54.4 Å². The number of aromatic nitrogens is 1. The maximum atomic E-state index is 11.7. The minimum atomic E-state index is -0.00324. The van der Waals surface area contributed by atoms with Crippen LogP contribution >= 0.6 is 11.3 Å². The number of pyridine rings is 1. The van der Waals surface area contributed by atoms with Gasteiger partial charge in [0.05, 0.1) is 5.76 Å². The zero-order valence-corrected chi connectivity index (χ0v) is 39.3. The van der Waals surface area contributed by atoms with Crippen molar-refractivity contribution in [3.63, 3.8) is 0 Å². The summed E-state index contributed by atoms with van der Waals surface area (Å²) >= 11 is 1.83. The molecule has 4 nitrogen and oxygen atoms in total. The molecule has 0 saturated heterocycles. The summed E-state index contributed by atoms with van der Waals surface area (Å²) in [5.74, 6) is 0.547. The fourth-order valence-corrected chi connectivity index (χ4v) is 9.19. The molecule has 2 heterocycles. The van der Waals surface area contributed by atoms with Crippen LogP contribution in [0.4, 0.5) is 16.4 Å². The van der Waals surface area contributed by atoms with Crippen LogP contribution in [-0.2, 0) is 30.3 Å². The van der Waals surface area contributed by atoms with E-state index >= 15 is 0 Å². The minimum absolute atomic E-state index is 0. The summed E-state index contributed by atoms with van der Waals surface area (Å²) in [5.41, 5.74) is 12.0. The molecule has 0 aliphatic heterocycles. The van der Waals surface area contributed by atoms with E-state index in [2.05, 4.69) is 139 Å². The van der Waals surface area contributed by atoms with Gasteiger partial charge in [0, 0.05) is 66.0 Å². The van der Waals surface area contributed by atoms with E-state index in [1.807, 2.05) is 45.2 Å². The first-order valence-electron chi connectivity index (χ1n) is 20.3. The largest absolute Gasteiger partial charge is 0.512 e. The zero-order chi connectivity index (χ0) is 40.9. The summed E-state index contributed by atoms with van der Waals surface area (Å²) in [7, 11) is 0. The zero-order valence-electron chi connectivity index (χ0n) is 36.1. The molecule has 6 aromatic rings. The molecule has 0 unspecified atom stereocenters. The van der Waals surface area contributed by atoms with Crippen molar-refractivity contribution in [3.8, 4) is 11.3 Å². The van der Waals surface area contributed by atoms with Crippen molar-refractivity contribution in [2.75, 3.05) is 4.90 Å². The Bertz CT molecular complexity index is 2270. The van der Waals surface area contributed by atoms with Gasteiger partial charge >= 0.3 is 0 Å². The number of aliphatic hydroxyl groups excluding tert-OH is 1. The summed E-state index contributed by atoms with van der Waals surface area (Å²) in [6.45, 7) is 25.9. The molecule has 1 radical (unpaired) electrons. The monoisotopic (exact) mass is 958 g/mol. The molecule has 0 atom stereocenters. The van der Waals surface area contributed by atoms with Crippen molar-refractivity contribution in [2.45, 2.75) is 114 Å². The molecule has 4 aromatic carbocycles.